The Balaban J connectivity index is 1.47. The van der Waals surface area contributed by atoms with Crippen LogP contribution in [0.15, 0.2) is 36.7 Å². The van der Waals surface area contributed by atoms with Crippen LogP contribution in [0.4, 0.5) is 0 Å². The average Bonchev–Trinajstić information content (AvgIpc) is 2.88. The molecule has 2 aromatic rings. The normalized spacial score (nSPS) is 15.2. The van der Waals surface area contributed by atoms with Crippen LogP contribution in [0.25, 0.3) is 0 Å². The molecule has 20 heavy (non-hydrogen) atoms. The summed E-state index contributed by atoms with van der Waals surface area (Å²) < 4.78 is 1.82. The SMILES string of the molecule is Cc1cccc(CCC(=O)N2CC(n3ccnn3)C2)c1. The first kappa shape index (κ1) is 12.8. The average molecular weight is 270 g/mol. The van der Waals surface area contributed by atoms with Gasteiger partial charge in [0, 0.05) is 25.7 Å². The number of aromatic nitrogens is 3. The molecule has 1 aliphatic heterocycles. The lowest BCUT2D eigenvalue weighted by atomic mass is 10.0. The lowest BCUT2D eigenvalue weighted by Gasteiger charge is -2.38. The van der Waals surface area contributed by atoms with Crippen molar-refractivity contribution in [2.75, 3.05) is 13.1 Å². The van der Waals surface area contributed by atoms with E-state index in [2.05, 4.69) is 35.4 Å². The maximum atomic E-state index is 12.1. The molecular weight excluding hydrogens is 252 g/mol. The molecule has 1 aromatic carbocycles. The molecule has 0 N–H and O–H groups in total. The Morgan fingerprint density at radius 1 is 1.40 bits per heavy atom. The fourth-order valence-electron chi connectivity index (χ4n) is 2.52. The molecule has 1 amide bonds. The highest BCUT2D eigenvalue weighted by atomic mass is 16.2. The summed E-state index contributed by atoms with van der Waals surface area (Å²) in [4.78, 5) is 14.0. The highest BCUT2D eigenvalue weighted by molar-refractivity contribution is 5.77. The first-order chi connectivity index (χ1) is 9.72. The molecule has 0 spiro atoms. The van der Waals surface area contributed by atoms with Gasteiger partial charge in [0.15, 0.2) is 0 Å². The van der Waals surface area contributed by atoms with Gasteiger partial charge < -0.3 is 4.90 Å². The minimum Gasteiger partial charge on any atom is -0.338 e. The molecule has 3 rings (SSSR count). The van der Waals surface area contributed by atoms with Crippen molar-refractivity contribution >= 4 is 5.91 Å². The molecule has 1 fully saturated rings. The molecule has 0 saturated carbocycles. The van der Waals surface area contributed by atoms with E-state index in [1.165, 1.54) is 11.1 Å². The maximum Gasteiger partial charge on any atom is 0.223 e. The Bertz CT molecular complexity index is 588. The Hall–Kier alpha value is -2.17. The molecule has 0 radical (unpaired) electrons. The maximum absolute atomic E-state index is 12.1. The number of carbonyl (C=O) groups is 1. The smallest absolute Gasteiger partial charge is 0.223 e. The third kappa shape index (κ3) is 2.71. The van der Waals surface area contributed by atoms with E-state index in [4.69, 9.17) is 0 Å². The summed E-state index contributed by atoms with van der Waals surface area (Å²) >= 11 is 0. The molecule has 5 nitrogen and oxygen atoms in total. The number of hydrogen-bond donors (Lipinski definition) is 0. The largest absolute Gasteiger partial charge is 0.338 e. The van der Waals surface area contributed by atoms with Crippen molar-refractivity contribution in [2.24, 2.45) is 0 Å². The quantitative estimate of drug-likeness (QED) is 0.848. The van der Waals surface area contributed by atoms with Gasteiger partial charge in [0.05, 0.1) is 12.2 Å². The number of likely N-dealkylation sites (tertiary alicyclic amines) is 1. The van der Waals surface area contributed by atoms with Crippen molar-refractivity contribution < 1.29 is 4.79 Å². The zero-order chi connectivity index (χ0) is 13.9. The Labute approximate surface area is 118 Å². The molecule has 0 bridgehead atoms. The van der Waals surface area contributed by atoms with Gasteiger partial charge in [0.25, 0.3) is 0 Å². The summed E-state index contributed by atoms with van der Waals surface area (Å²) in [5.41, 5.74) is 2.47. The lowest BCUT2D eigenvalue weighted by Crippen LogP contribution is -2.50. The number of rotatable bonds is 4. The Kier molecular flexibility index (Phi) is 3.50. The second-order valence-corrected chi connectivity index (χ2v) is 5.32. The third-order valence-corrected chi connectivity index (χ3v) is 3.74. The predicted molar refractivity (Wildman–Crippen MR) is 75.1 cm³/mol. The van der Waals surface area contributed by atoms with Crippen LogP contribution in [-0.4, -0.2) is 38.9 Å². The van der Waals surface area contributed by atoms with Crippen LogP contribution < -0.4 is 0 Å². The van der Waals surface area contributed by atoms with Gasteiger partial charge in [-0.3, -0.25) is 4.79 Å². The first-order valence-corrected chi connectivity index (χ1v) is 6.91. The van der Waals surface area contributed by atoms with E-state index < -0.39 is 0 Å². The molecule has 1 aliphatic rings. The van der Waals surface area contributed by atoms with E-state index >= 15 is 0 Å². The predicted octanol–water partition coefficient (Wildman–Crippen LogP) is 1.60. The van der Waals surface area contributed by atoms with Gasteiger partial charge >= 0.3 is 0 Å². The summed E-state index contributed by atoms with van der Waals surface area (Å²) in [6.07, 6.45) is 4.90. The van der Waals surface area contributed by atoms with Crippen molar-refractivity contribution in [3.8, 4) is 0 Å². The summed E-state index contributed by atoms with van der Waals surface area (Å²) in [7, 11) is 0. The van der Waals surface area contributed by atoms with Crippen LogP contribution >= 0.6 is 0 Å². The van der Waals surface area contributed by atoms with Gasteiger partial charge in [-0.1, -0.05) is 35.0 Å². The van der Waals surface area contributed by atoms with Gasteiger partial charge in [0.2, 0.25) is 5.91 Å². The fraction of sp³-hybridized carbons (Fsp3) is 0.400. The standard InChI is InChI=1S/C15H18N4O/c1-12-3-2-4-13(9-12)5-6-15(20)18-10-14(11-18)19-8-7-16-17-19/h2-4,7-9,14H,5-6,10-11H2,1H3. The summed E-state index contributed by atoms with van der Waals surface area (Å²) in [5.74, 6) is 0.225. The van der Waals surface area contributed by atoms with E-state index in [0.717, 1.165) is 19.5 Å². The highest BCUT2D eigenvalue weighted by Crippen LogP contribution is 2.21. The lowest BCUT2D eigenvalue weighted by molar-refractivity contribution is -0.137. The number of hydrogen-bond acceptors (Lipinski definition) is 3. The van der Waals surface area contributed by atoms with Crippen LogP contribution in [0.2, 0.25) is 0 Å². The molecule has 1 saturated heterocycles. The molecule has 0 aliphatic carbocycles. The van der Waals surface area contributed by atoms with Gasteiger partial charge in [-0.15, -0.1) is 5.10 Å². The van der Waals surface area contributed by atoms with E-state index in [9.17, 15) is 4.79 Å². The van der Waals surface area contributed by atoms with Gasteiger partial charge in [-0.25, -0.2) is 4.68 Å². The van der Waals surface area contributed by atoms with Crippen molar-refractivity contribution in [2.45, 2.75) is 25.8 Å². The molecule has 5 heteroatoms. The summed E-state index contributed by atoms with van der Waals surface area (Å²) in [5, 5.41) is 7.75. The van der Waals surface area contributed by atoms with Crippen molar-refractivity contribution in [3.05, 3.63) is 47.8 Å². The number of carbonyl (C=O) groups excluding carboxylic acids is 1. The minimum absolute atomic E-state index is 0.225. The highest BCUT2D eigenvalue weighted by Gasteiger charge is 2.31. The summed E-state index contributed by atoms with van der Waals surface area (Å²) in [6.45, 7) is 3.56. The monoisotopic (exact) mass is 270 g/mol. The second-order valence-electron chi connectivity index (χ2n) is 5.32. The fourth-order valence-corrected chi connectivity index (χ4v) is 2.52. The topological polar surface area (TPSA) is 51.0 Å². The van der Waals surface area contributed by atoms with E-state index in [0.29, 0.717) is 12.5 Å². The van der Waals surface area contributed by atoms with Gasteiger partial charge in [0.1, 0.15) is 0 Å². The third-order valence-electron chi connectivity index (χ3n) is 3.74. The number of nitrogens with zero attached hydrogens (tertiary/aromatic N) is 4. The zero-order valence-corrected chi connectivity index (χ0v) is 11.6. The van der Waals surface area contributed by atoms with Crippen LogP contribution in [0.3, 0.4) is 0 Å². The molecular formula is C15H18N4O. The number of benzene rings is 1. The van der Waals surface area contributed by atoms with Crippen molar-refractivity contribution in [1.82, 2.24) is 19.9 Å². The first-order valence-electron chi connectivity index (χ1n) is 6.91. The van der Waals surface area contributed by atoms with E-state index in [-0.39, 0.29) is 5.91 Å². The molecule has 0 unspecified atom stereocenters. The van der Waals surface area contributed by atoms with Crippen molar-refractivity contribution in [3.63, 3.8) is 0 Å². The summed E-state index contributed by atoms with van der Waals surface area (Å²) in [6, 6.07) is 8.62. The van der Waals surface area contributed by atoms with E-state index in [1.807, 2.05) is 21.8 Å². The van der Waals surface area contributed by atoms with Crippen LogP contribution in [0.5, 0.6) is 0 Å². The van der Waals surface area contributed by atoms with Gasteiger partial charge in [-0.05, 0) is 18.9 Å². The zero-order valence-electron chi connectivity index (χ0n) is 11.6. The van der Waals surface area contributed by atoms with Crippen LogP contribution in [-0.2, 0) is 11.2 Å². The second kappa shape index (κ2) is 5.45. The Morgan fingerprint density at radius 2 is 2.25 bits per heavy atom. The molecule has 0 atom stereocenters. The number of aryl methyl sites for hydroxylation is 2. The molecule has 104 valence electrons. The number of amides is 1. The van der Waals surface area contributed by atoms with Crippen LogP contribution in [0.1, 0.15) is 23.6 Å². The molecule has 1 aromatic heterocycles. The molecule has 2 heterocycles. The minimum atomic E-state index is 0.225. The van der Waals surface area contributed by atoms with Gasteiger partial charge in [-0.2, -0.15) is 0 Å². The van der Waals surface area contributed by atoms with Crippen LogP contribution in [0, 0.1) is 6.92 Å². The van der Waals surface area contributed by atoms with E-state index in [1.54, 1.807) is 6.20 Å². The Morgan fingerprint density at radius 3 is 2.95 bits per heavy atom. The van der Waals surface area contributed by atoms with Crippen molar-refractivity contribution in [1.29, 1.82) is 0 Å².